The molecule has 0 aliphatic carbocycles. The molecular weight excluding hydrogens is 410 g/mol. The fourth-order valence-corrected chi connectivity index (χ4v) is 4.13. The van der Waals surface area contributed by atoms with E-state index in [0.717, 1.165) is 74.9 Å². The molecule has 0 radical (unpaired) electrons. The number of para-hydroxylation sites is 1. The second-order valence-electron chi connectivity index (χ2n) is 8.36. The summed E-state index contributed by atoms with van der Waals surface area (Å²) in [4.78, 5) is 4.92. The molecule has 1 aromatic heterocycles. The molecule has 0 atom stereocenters. The van der Waals surface area contributed by atoms with E-state index >= 15 is 0 Å². The van der Waals surface area contributed by atoms with Crippen LogP contribution in [0.2, 0.25) is 0 Å². The first-order valence-corrected chi connectivity index (χ1v) is 11.6. The van der Waals surface area contributed by atoms with Gasteiger partial charge in [0.2, 0.25) is 0 Å². The van der Waals surface area contributed by atoms with Gasteiger partial charge in [-0.25, -0.2) is 4.68 Å². The number of hydrogen-bond acceptors (Lipinski definition) is 6. The minimum atomic E-state index is 0.726. The van der Waals surface area contributed by atoms with Crippen molar-refractivity contribution in [2.24, 2.45) is 0 Å². The second-order valence-corrected chi connectivity index (χ2v) is 8.36. The monoisotopic (exact) mass is 443 g/mol. The molecule has 3 aromatic rings. The summed E-state index contributed by atoms with van der Waals surface area (Å²) >= 11 is 0. The van der Waals surface area contributed by atoms with E-state index in [1.807, 2.05) is 29.9 Å². The Morgan fingerprint density at radius 3 is 2.52 bits per heavy atom. The number of rotatable bonds is 10. The van der Waals surface area contributed by atoms with E-state index in [9.17, 15) is 0 Å². The van der Waals surface area contributed by atoms with Crippen LogP contribution in [0.3, 0.4) is 0 Å². The summed E-state index contributed by atoms with van der Waals surface area (Å²) in [6.07, 6.45) is 5.26. The first-order valence-electron chi connectivity index (χ1n) is 11.6. The Kier molecular flexibility index (Phi) is 8.00. The molecule has 0 saturated carbocycles. The van der Waals surface area contributed by atoms with Gasteiger partial charge in [-0.15, -0.1) is 5.10 Å². The fraction of sp³-hybridized carbons (Fsp3) is 0.346. The van der Waals surface area contributed by atoms with Crippen molar-refractivity contribution in [2.75, 3.05) is 45.1 Å². The topological polar surface area (TPSA) is 62.1 Å². The Bertz CT molecular complexity index is 1050. The highest BCUT2D eigenvalue weighted by Crippen LogP contribution is 2.25. The van der Waals surface area contributed by atoms with Crippen LogP contribution in [0.4, 0.5) is 5.69 Å². The van der Waals surface area contributed by atoms with E-state index in [1.165, 1.54) is 5.56 Å². The molecule has 1 aliphatic heterocycles. The highest BCUT2D eigenvalue weighted by Gasteiger charge is 2.18. The Morgan fingerprint density at radius 2 is 1.73 bits per heavy atom. The van der Waals surface area contributed by atoms with Crippen molar-refractivity contribution in [3.8, 4) is 0 Å². The lowest BCUT2D eigenvalue weighted by Gasteiger charge is -2.33. The normalized spacial score (nSPS) is 15.2. The van der Waals surface area contributed by atoms with E-state index in [2.05, 4.69) is 85.8 Å². The third-order valence-corrected chi connectivity index (χ3v) is 6.11. The Hall–Kier alpha value is -3.29. The maximum atomic E-state index is 4.29. The molecule has 2 aromatic carbocycles. The van der Waals surface area contributed by atoms with Crippen molar-refractivity contribution in [1.82, 2.24) is 30.0 Å². The molecule has 7 nitrogen and oxygen atoms in total. The van der Waals surface area contributed by atoms with Gasteiger partial charge < -0.3 is 5.32 Å². The van der Waals surface area contributed by atoms with Crippen molar-refractivity contribution < 1.29 is 0 Å². The molecule has 1 N–H and O–H groups in total. The van der Waals surface area contributed by atoms with Crippen LogP contribution in [0.15, 0.2) is 67.3 Å². The SMILES string of the molecule is C=C(CCn1nnnc1CN1CCN(C/C=C/c2ccccc2)CC1)c1ccccc1NC. The highest BCUT2D eigenvalue weighted by molar-refractivity contribution is 5.74. The number of hydrogen-bond donors (Lipinski definition) is 1. The van der Waals surface area contributed by atoms with Crippen LogP contribution in [-0.4, -0.2) is 69.8 Å². The van der Waals surface area contributed by atoms with Gasteiger partial charge in [-0.3, -0.25) is 9.80 Å². The van der Waals surface area contributed by atoms with Gasteiger partial charge in [0.05, 0.1) is 6.54 Å². The number of tetrazole rings is 1. The minimum absolute atomic E-state index is 0.726. The molecule has 1 aliphatic rings. The predicted octanol–water partition coefficient (Wildman–Crippen LogP) is 3.65. The van der Waals surface area contributed by atoms with Gasteiger partial charge in [-0.1, -0.05) is 67.3 Å². The Morgan fingerprint density at radius 1 is 1.00 bits per heavy atom. The van der Waals surface area contributed by atoms with Gasteiger partial charge in [-0.05, 0) is 34.1 Å². The molecule has 0 spiro atoms. The van der Waals surface area contributed by atoms with Crippen LogP contribution in [0, 0.1) is 0 Å². The summed E-state index contributed by atoms with van der Waals surface area (Å²) in [7, 11) is 1.94. The largest absolute Gasteiger partial charge is 0.388 e. The number of aromatic nitrogens is 4. The number of nitrogens with zero attached hydrogens (tertiary/aromatic N) is 6. The summed E-state index contributed by atoms with van der Waals surface area (Å²) < 4.78 is 1.92. The summed E-state index contributed by atoms with van der Waals surface area (Å²) in [5.41, 5.74) is 4.57. The number of anilines is 1. The number of benzene rings is 2. The molecule has 0 amide bonds. The van der Waals surface area contributed by atoms with Crippen LogP contribution < -0.4 is 5.32 Å². The standard InChI is InChI=1S/C26H33N7/c1-22(24-12-6-7-13-25(24)27-2)14-16-33-26(28-29-30-33)21-32-19-17-31(18-20-32)15-8-11-23-9-4-3-5-10-23/h3-13,27H,1,14-21H2,2H3/b11-8+. The molecule has 0 unspecified atom stereocenters. The van der Waals surface area contributed by atoms with Crippen LogP contribution in [0.5, 0.6) is 0 Å². The molecule has 172 valence electrons. The van der Waals surface area contributed by atoms with E-state index in [-0.39, 0.29) is 0 Å². The van der Waals surface area contributed by atoms with E-state index in [1.54, 1.807) is 0 Å². The number of piperazine rings is 1. The quantitative estimate of drug-likeness (QED) is 0.516. The number of nitrogens with one attached hydrogen (secondary N) is 1. The van der Waals surface area contributed by atoms with Crippen LogP contribution in [-0.2, 0) is 13.1 Å². The smallest absolute Gasteiger partial charge is 0.165 e. The van der Waals surface area contributed by atoms with Crippen molar-refractivity contribution >= 4 is 17.3 Å². The number of allylic oxidation sites excluding steroid dienone is 1. The summed E-state index contributed by atoms with van der Waals surface area (Å²) in [5.74, 6) is 0.919. The van der Waals surface area contributed by atoms with Crippen molar-refractivity contribution in [1.29, 1.82) is 0 Å². The minimum Gasteiger partial charge on any atom is -0.388 e. The van der Waals surface area contributed by atoms with Gasteiger partial charge in [-0.2, -0.15) is 0 Å². The summed E-state index contributed by atoms with van der Waals surface area (Å²) in [5, 5.41) is 15.7. The van der Waals surface area contributed by atoms with E-state index in [4.69, 9.17) is 0 Å². The number of aryl methyl sites for hydroxylation is 1. The molecule has 1 saturated heterocycles. The Balaban J connectivity index is 1.24. The fourth-order valence-electron chi connectivity index (χ4n) is 4.13. The Labute approximate surface area is 196 Å². The second kappa shape index (κ2) is 11.5. The maximum Gasteiger partial charge on any atom is 0.165 e. The van der Waals surface area contributed by atoms with Gasteiger partial charge in [0.1, 0.15) is 0 Å². The van der Waals surface area contributed by atoms with Crippen LogP contribution in [0.25, 0.3) is 11.6 Å². The third kappa shape index (κ3) is 6.37. The van der Waals surface area contributed by atoms with E-state index < -0.39 is 0 Å². The average molecular weight is 444 g/mol. The molecule has 4 rings (SSSR count). The molecule has 2 heterocycles. The highest BCUT2D eigenvalue weighted by atomic mass is 15.5. The van der Waals surface area contributed by atoms with Crippen molar-refractivity contribution in [3.63, 3.8) is 0 Å². The lowest BCUT2D eigenvalue weighted by molar-refractivity contribution is 0.133. The third-order valence-electron chi connectivity index (χ3n) is 6.11. The lowest BCUT2D eigenvalue weighted by Crippen LogP contribution is -2.46. The molecular formula is C26H33N7. The predicted molar refractivity (Wildman–Crippen MR) is 135 cm³/mol. The molecule has 1 fully saturated rings. The summed E-state index contributed by atoms with van der Waals surface area (Å²) in [6, 6.07) is 18.7. The first kappa shape index (κ1) is 22.9. The van der Waals surface area contributed by atoms with Crippen molar-refractivity contribution in [3.05, 3.63) is 84.2 Å². The van der Waals surface area contributed by atoms with Crippen LogP contribution in [0.1, 0.15) is 23.4 Å². The van der Waals surface area contributed by atoms with Crippen molar-refractivity contribution in [2.45, 2.75) is 19.5 Å². The van der Waals surface area contributed by atoms with Gasteiger partial charge in [0.25, 0.3) is 0 Å². The molecule has 0 bridgehead atoms. The molecule has 7 heteroatoms. The van der Waals surface area contributed by atoms with Gasteiger partial charge >= 0.3 is 0 Å². The average Bonchev–Trinajstić information content (AvgIpc) is 3.31. The summed E-state index contributed by atoms with van der Waals surface area (Å²) in [6.45, 7) is 10.9. The zero-order chi connectivity index (χ0) is 22.9. The maximum absolute atomic E-state index is 4.29. The van der Waals surface area contributed by atoms with E-state index in [0.29, 0.717) is 0 Å². The molecule has 33 heavy (non-hydrogen) atoms. The van der Waals surface area contributed by atoms with Gasteiger partial charge in [0, 0.05) is 57.6 Å². The van der Waals surface area contributed by atoms with Gasteiger partial charge in [0.15, 0.2) is 5.82 Å². The lowest BCUT2D eigenvalue weighted by atomic mass is 10.0. The zero-order valence-electron chi connectivity index (χ0n) is 19.4. The first-order chi connectivity index (χ1) is 16.2. The van der Waals surface area contributed by atoms with Crippen LogP contribution >= 0.6 is 0 Å². The zero-order valence-corrected chi connectivity index (χ0v) is 19.4.